The molecule has 1 aromatic rings. The van der Waals surface area contributed by atoms with Gasteiger partial charge in [-0.25, -0.2) is 0 Å². The van der Waals surface area contributed by atoms with Crippen molar-refractivity contribution in [3.8, 4) is 0 Å². The number of halogens is 3. The van der Waals surface area contributed by atoms with Gasteiger partial charge >= 0.3 is 6.18 Å². The molecule has 1 fully saturated rings. The number of hydrogen-bond donors (Lipinski definition) is 0. The Morgan fingerprint density at radius 1 is 1.12 bits per heavy atom. The first-order chi connectivity index (χ1) is 12.2. The Morgan fingerprint density at radius 2 is 1.69 bits per heavy atom. The Morgan fingerprint density at radius 3 is 2.15 bits per heavy atom. The van der Waals surface area contributed by atoms with Crippen LogP contribution >= 0.6 is 0 Å². The SMILES string of the molecule is CC(=O)N(CCC(=O)N1CCN(C=O)CC1)c1ccc(C(F)(F)F)cc1. The molecule has 142 valence electrons. The van der Waals surface area contributed by atoms with E-state index >= 15 is 0 Å². The maximum atomic E-state index is 12.6. The highest BCUT2D eigenvalue weighted by molar-refractivity contribution is 5.92. The summed E-state index contributed by atoms with van der Waals surface area (Å²) < 4.78 is 37.9. The third kappa shape index (κ3) is 4.96. The zero-order chi connectivity index (χ0) is 19.3. The molecule has 1 aromatic carbocycles. The van der Waals surface area contributed by atoms with Gasteiger partial charge in [-0.1, -0.05) is 0 Å². The number of anilines is 1. The topological polar surface area (TPSA) is 60.9 Å². The molecule has 1 heterocycles. The second-order valence-electron chi connectivity index (χ2n) is 5.99. The van der Waals surface area contributed by atoms with Crippen molar-refractivity contribution in [3.63, 3.8) is 0 Å². The first kappa shape index (κ1) is 19.7. The molecule has 0 unspecified atom stereocenters. The molecule has 2 rings (SSSR count). The number of benzene rings is 1. The van der Waals surface area contributed by atoms with Gasteiger partial charge in [-0.2, -0.15) is 13.2 Å². The maximum Gasteiger partial charge on any atom is 0.416 e. The summed E-state index contributed by atoms with van der Waals surface area (Å²) in [5.74, 6) is -0.517. The van der Waals surface area contributed by atoms with Crippen LogP contribution in [-0.4, -0.2) is 60.7 Å². The van der Waals surface area contributed by atoms with Gasteiger partial charge in [-0.15, -0.1) is 0 Å². The lowest BCUT2D eigenvalue weighted by Crippen LogP contribution is -2.48. The average molecular weight is 371 g/mol. The van der Waals surface area contributed by atoms with Gasteiger partial charge in [-0.05, 0) is 24.3 Å². The Hall–Kier alpha value is -2.58. The summed E-state index contributed by atoms with van der Waals surface area (Å²) in [7, 11) is 0. The fraction of sp³-hybridized carbons (Fsp3) is 0.471. The van der Waals surface area contributed by atoms with Gasteiger partial charge in [0, 0.05) is 51.8 Å². The van der Waals surface area contributed by atoms with E-state index in [0.717, 1.165) is 18.5 Å². The third-order valence-electron chi connectivity index (χ3n) is 4.25. The van der Waals surface area contributed by atoms with Crippen LogP contribution in [0.5, 0.6) is 0 Å². The Kier molecular flexibility index (Phi) is 6.23. The van der Waals surface area contributed by atoms with E-state index in [9.17, 15) is 27.6 Å². The summed E-state index contributed by atoms with van der Waals surface area (Å²) in [4.78, 5) is 39.2. The van der Waals surface area contributed by atoms with E-state index in [1.165, 1.54) is 24.0 Å². The number of alkyl halides is 3. The molecule has 0 N–H and O–H groups in total. The fourth-order valence-corrected chi connectivity index (χ4v) is 2.74. The number of nitrogens with zero attached hydrogens (tertiary/aromatic N) is 3. The molecule has 1 aliphatic rings. The fourth-order valence-electron chi connectivity index (χ4n) is 2.74. The standard InChI is InChI=1S/C17H20F3N3O3/c1-13(25)23(15-4-2-14(3-5-15)17(18,19)20)7-6-16(26)22-10-8-21(12-24)9-11-22/h2-5,12H,6-11H2,1H3. The zero-order valence-corrected chi connectivity index (χ0v) is 14.3. The van der Waals surface area contributed by atoms with Gasteiger partial charge in [-0.3, -0.25) is 14.4 Å². The lowest BCUT2D eigenvalue weighted by molar-refractivity contribution is -0.137. The first-order valence-corrected chi connectivity index (χ1v) is 8.15. The summed E-state index contributed by atoms with van der Waals surface area (Å²) in [6.45, 7) is 3.16. The Balaban J connectivity index is 1.97. The van der Waals surface area contributed by atoms with E-state index in [4.69, 9.17) is 0 Å². The molecule has 0 aliphatic carbocycles. The third-order valence-corrected chi connectivity index (χ3v) is 4.25. The van der Waals surface area contributed by atoms with Crippen LogP contribution in [-0.2, 0) is 20.6 Å². The van der Waals surface area contributed by atoms with Crippen molar-refractivity contribution in [2.45, 2.75) is 19.5 Å². The molecule has 0 spiro atoms. The van der Waals surface area contributed by atoms with Crippen molar-refractivity contribution in [1.82, 2.24) is 9.80 Å². The lowest BCUT2D eigenvalue weighted by atomic mass is 10.1. The van der Waals surface area contributed by atoms with Crippen LogP contribution in [0.1, 0.15) is 18.9 Å². The van der Waals surface area contributed by atoms with Crippen molar-refractivity contribution >= 4 is 23.9 Å². The second kappa shape index (κ2) is 8.20. The molecule has 6 nitrogen and oxygen atoms in total. The molecule has 9 heteroatoms. The highest BCUT2D eigenvalue weighted by Gasteiger charge is 2.30. The van der Waals surface area contributed by atoms with E-state index in [1.54, 1.807) is 9.80 Å². The maximum absolute atomic E-state index is 12.6. The molecular formula is C17H20F3N3O3. The van der Waals surface area contributed by atoms with Crippen LogP contribution in [0.25, 0.3) is 0 Å². The Labute approximate surface area is 149 Å². The minimum absolute atomic E-state index is 0.0572. The minimum atomic E-state index is -4.45. The van der Waals surface area contributed by atoms with Crippen LogP contribution in [0.15, 0.2) is 24.3 Å². The molecule has 3 amide bonds. The van der Waals surface area contributed by atoms with Crippen LogP contribution in [0.2, 0.25) is 0 Å². The number of piperazine rings is 1. The van der Waals surface area contributed by atoms with Crippen LogP contribution in [0, 0.1) is 0 Å². The molecule has 1 aliphatic heterocycles. The van der Waals surface area contributed by atoms with Crippen LogP contribution < -0.4 is 4.90 Å². The number of hydrogen-bond acceptors (Lipinski definition) is 3. The summed E-state index contributed by atoms with van der Waals surface area (Å²) in [6.07, 6.45) is -3.65. The number of rotatable bonds is 5. The predicted molar refractivity (Wildman–Crippen MR) is 88.3 cm³/mol. The van der Waals surface area contributed by atoms with Gasteiger partial charge < -0.3 is 14.7 Å². The smallest absolute Gasteiger partial charge is 0.342 e. The van der Waals surface area contributed by atoms with Crippen LogP contribution in [0.4, 0.5) is 18.9 Å². The first-order valence-electron chi connectivity index (χ1n) is 8.15. The monoisotopic (exact) mass is 371 g/mol. The van der Waals surface area contributed by atoms with Crippen molar-refractivity contribution in [3.05, 3.63) is 29.8 Å². The van der Waals surface area contributed by atoms with Gasteiger partial charge in [0.05, 0.1) is 5.56 Å². The van der Waals surface area contributed by atoms with Gasteiger partial charge in [0.1, 0.15) is 0 Å². The lowest BCUT2D eigenvalue weighted by Gasteiger charge is -2.33. The molecule has 0 atom stereocenters. The van der Waals surface area contributed by atoms with Crippen LogP contribution in [0.3, 0.4) is 0 Å². The highest BCUT2D eigenvalue weighted by atomic mass is 19.4. The predicted octanol–water partition coefficient (Wildman–Crippen LogP) is 1.75. The van der Waals surface area contributed by atoms with Crippen molar-refractivity contribution < 1.29 is 27.6 Å². The van der Waals surface area contributed by atoms with E-state index in [-0.39, 0.29) is 24.8 Å². The number of carbonyl (C=O) groups excluding carboxylic acids is 3. The van der Waals surface area contributed by atoms with Crippen molar-refractivity contribution in [2.24, 2.45) is 0 Å². The summed E-state index contributed by atoms with van der Waals surface area (Å²) in [5.41, 5.74) is -0.488. The molecular weight excluding hydrogens is 351 g/mol. The van der Waals surface area contributed by atoms with Gasteiger partial charge in [0.15, 0.2) is 0 Å². The zero-order valence-electron chi connectivity index (χ0n) is 14.3. The summed E-state index contributed by atoms with van der Waals surface area (Å²) >= 11 is 0. The highest BCUT2D eigenvalue weighted by Crippen LogP contribution is 2.30. The molecule has 0 bridgehead atoms. The Bertz CT molecular complexity index is 653. The van der Waals surface area contributed by atoms with E-state index < -0.39 is 11.7 Å². The van der Waals surface area contributed by atoms with Crippen molar-refractivity contribution in [2.75, 3.05) is 37.6 Å². The van der Waals surface area contributed by atoms with E-state index in [2.05, 4.69) is 0 Å². The average Bonchev–Trinajstić information content (AvgIpc) is 2.61. The van der Waals surface area contributed by atoms with Gasteiger partial charge in [0.2, 0.25) is 18.2 Å². The second-order valence-corrected chi connectivity index (χ2v) is 5.99. The molecule has 0 radical (unpaired) electrons. The normalized spacial score (nSPS) is 14.9. The van der Waals surface area contributed by atoms with Crippen molar-refractivity contribution in [1.29, 1.82) is 0 Å². The number of amides is 3. The largest absolute Gasteiger partial charge is 0.416 e. The molecule has 1 saturated heterocycles. The molecule has 26 heavy (non-hydrogen) atoms. The molecule has 0 saturated carbocycles. The quantitative estimate of drug-likeness (QED) is 0.741. The summed E-state index contributed by atoms with van der Waals surface area (Å²) in [6, 6.07) is 4.26. The summed E-state index contributed by atoms with van der Waals surface area (Å²) in [5, 5.41) is 0. The minimum Gasteiger partial charge on any atom is -0.342 e. The van der Waals surface area contributed by atoms with Gasteiger partial charge in [0.25, 0.3) is 0 Å². The van der Waals surface area contributed by atoms with E-state index in [1.807, 2.05) is 0 Å². The van der Waals surface area contributed by atoms with E-state index in [0.29, 0.717) is 31.9 Å². The molecule has 0 aromatic heterocycles. The number of carbonyl (C=O) groups is 3.